The first-order valence-corrected chi connectivity index (χ1v) is 9.94. The first-order valence-electron chi connectivity index (χ1n) is 9.94. The summed E-state index contributed by atoms with van der Waals surface area (Å²) in [6, 6.07) is 20.8. The van der Waals surface area contributed by atoms with Crippen LogP contribution in [0.25, 0.3) is 21.9 Å². The highest BCUT2D eigenvalue weighted by molar-refractivity contribution is 6.18. The first kappa shape index (κ1) is 19.7. The summed E-state index contributed by atoms with van der Waals surface area (Å²) in [6.45, 7) is 8.03. The molecule has 0 spiro atoms. The highest BCUT2D eigenvalue weighted by Crippen LogP contribution is 2.40. The largest absolute Gasteiger partial charge is 0.454 e. The lowest BCUT2D eigenvalue weighted by Gasteiger charge is -2.23. The molecule has 0 amide bonds. The van der Waals surface area contributed by atoms with Crippen molar-refractivity contribution in [1.29, 1.82) is 0 Å². The molecule has 4 heteroatoms. The minimum atomic E-state index is -0.482. The number of fused-ring (bicyclic) bond motifs is 3. The Kier molecular flexibility index (Phi) is 4.57. The Hall–Kier alpha value is -2.61. The third-order valence-electron chi connectivity index (χ3n) is 5.56. The van der Waals surface area contributed by atoms with Crippen LogP contribution in [0.3, 0.4) is 0 Å². The van der Waals surface area contributed by atoms with E-state index < -0.39 is 5.31 Å². The van der Waals surface area contributed by atoms with E-state index in [9.17, 15) is 0 Å². The van der Waals surface area contributed by atoms with Crippen LogP contribution < -0.4 is 4.90 Å². The summed E-state index contributed by atoms with van der Waals surface area (Å²) < 4.78 is 6.42. The van der Waals surface area contributed by atoms with E-state index >= 15 is 0 Å². The van der Waals surface area contributed by atoms with Gasteiger partial charge in [-0.1, -0.05) is 75.7 Å². The fourth-order valence-electron chi connectivity index (χ4n) is 3.83. The molecule has 0 aliphatic rings. The Morgan fingerprint density at radius 3 is 1.90 bits per heavy atom. The Bertz CT molecular complexity index is 1180. The van der Waals surface area contributed by atoms with Gasteiger partial charge in [-0.3, -0.25) is 0 Å². The highest BCUT2D eigenvalue weighted by atomic mass is 16.3. The van der Waals surface area contributed by atoms with Gasteiger partial charge in [0.1, 0.15) is 5.58 Å². The van der Waals surface area contributed by atoms with E-state index in [1.807, 2.05) is 39.8 Å². The Balaban J connectivity index is 1.86. The van der Waals surface area contributed by atoms with Crippen molar-refractivity contribution in [3.05, 3.63) is 71.8 Å². The van der Waals surface area contributed by atoms with Crippen LogP contribution in [0, 0.1) is 0 Å². The number of furan rings is 1. The topological polar surface area (TPSA) is 16.4 Å². The average Bonchev–Trinajstić information content (AvgIpc) is 3.04. The zero-order valence-electron chi connectivity index (χ0n) is 17.8. The van der Waals surface area contributed by atoms with Gasteiger partial charge in [0, 0.05) is 23.5 Å². The molecule has 4 aromatic rings. The average molecular weight is 377 g/mol. The van der Waals surface area contributed by atoms with Gasteiger partial charge in [0.05, 0.1) is 21.4 Å². The van der Waals surface area contributed by atoms with Crippen LogP contribution in [0.5, 0.6) is 0 Å². The van der Waals surface area contributed by atoms with Crippen molar-refractivity contribution in [2.24, 2.45) is 0 Å². The third kappa shape index (κ3) is 3.46. The number of anilines is 2. The molecule has 0 atom stereocenters. The van der Waals surface area contributed by atoms with Crippen molar-refractivity contribution in [1.82, 2.24) is 0 Å². The van der Waals surface area contributed by atoms with Crippen LogP contribution in [0.2, 0.25) is 0 Å². The summed E-state index contributed by atoms with van der Waals surface area (Å²) in [5, 5.41) is 1.34. The Labute approximate surface area is 175 Å². The molecule has 0 saturated heterocycles. The molecule has 0 bridgehead atoms. The van der Waals surface area contributed by atoms with Gasteiger partial charge >= 0.3 is 0 Å². The van der Waals surface area contributed by atoms with Crippen LogP contribution in [0.15, 0.2) is 65.1 Å². The smallest absolute Gasteiger partial charge is 0.159 e. The standard InChI is InChI=1S/C25H25B2NO/c1-24(2,26)16-12-14-17(15-13-16)28(5)21-11-7-9-19-18-8-6-10-20(25(3,4)27)22(18)29-23(19)21/h6-15H,1-5H3. The quantitative estimate of drug-likeness (QED) is 0.396. The zero-order chi connectivity index (χ0) is 21.0. The maximum atomic E-state index is 6.42. The van der Waals surface area contributed by atoms with Crippen molar-refractivity contribution >= 4 is 49.0 Å². The van der Waals surface area contributed by atoms with E-state index in [1.165, 1.54) is 0 Å². The van der Waals surface area contributed by atoms with Crippen LogP contribution in [0.4, 0.5) is 11.4 Å². The molecule has 0 aliphatic carbocycles. The summed E-state index contributed by atoms with van der Waals surface area (Å²) in [4.78, 5) is 2.14. The highest BCUT2D eigenvalue weighted by Gasteiger charge is 2.22. The molecular formula is C25H25B2NO. The van der Waals surface area contributed by atoms with Crippen molar-refractivity contribution < 1.29 is 4.42 Å². The lowest BCUT2D eigenvalue weighted by atomic mass is 9.67. The summed E-state index contributed by atoms with van der Waals surface area (Å²) in [6.07, 6.45) is 0. The molecule has 4 radical (unpaired) electrons. The molecule has 4 rings (SSSR count). The molecule has 142 valence electrons. The lowest BCUT2D eigenvalue weighted by Crippen LogP contribution is -2.17. The van der Waals surface area contributed by atoms with Gasteiger partial charge < -0.3 is 9.32 Å². The molecule has 29 heavy (non-hydrogen) atoms. The summed E-state index contributed by atoms with van der Waals surface area (Å²) >= 11 is 0. The van der Waals surface area contributed by atoms with Gasteiger partial charge in [-0.2, -0.15) is 0 Å². The second-order valence-corrected chi connectivity index (χ2v) is 8.99. The first-order chi connectivity index (χ1) is 13.6. The zero-order valence-corrected chi connectivity index (χ0v) is 17.8. The monoisotopic (exact) mass is 377 g/mol. The number of hydrogen-bond donors (Lipinski definition) is 0. The maximum absolute atomic E-state index is 6.42. The van der Waals surface area contributed by atoms with Gasteiger partial charge in [0.15, 0.2) is 5.58 Å². The molecule has 3 aromatic carbocycles. The van der Waals surface area contributed by atoms with Crippen LogP contribution in [0.1, 0.15) is 38.8 Å². The van der Waals surface area contributed by atoms with Crippen molar-refractivity contribution in [3.8, 4) is 0 Å². The van der Waals surface area contributed by atoms with Crippen molar-refractivity contribution in [2.75, 3.05) is 11.9 Å². The molecule has 0 fully saturated rings. The second kappa shape index (κ2) is 6.73. The minimum Gasteiger partial charge on any atom is -0.454 e. The van der Waals surface area contributed by atoms with E-state index in [-0.39, 0.29) is 5.31 Å². The Morgan fingerprint density at radius 2 is 1.31 bits per heavy atom. The van der Waals surface area contributed by atoms with Gasteiger partial charge in [0.25, 0.3) is 0 Å². The van der Waals surface area contributed by atoms with Crippen LogP contribution in [-0.2, 0) is 10.6 Å². The predicted molar refractivity (Wildman–Crippen MR) is 126 cm³/mol. The van der Waals surface area contributed by atoms with Gasteiger partial charge in [-0.05, 0) is 34.4 Å². The molecule has 0 N–H and O–H groups in total. The van der Waals surface area contributed by atoms with Crippen molar-refractivity contribution in [2.45, 2.75) is 38.3 Å². The third-order valence-corrected chi connectivity index (χ3v) is 5.56. The number of benzene rings is 3. The van der Waals surface area contributed by atoms with Gasteiger partial charge in [0.2, 0.25) is 0 Å². The van der Waals surface area contributed by atoms with E-state index in [1.54, 1.807) is 0 Å². The fourth-order valence-corrected chi connectivity index (χ4v) is 3.83. The number of hydrogen-bond acceptors (Lipinski definition) is 2. The molecular weight excluding hydrogens is 352 g/mol. The van der Waals surface area contributed by atoms with E-state index in [4.69, 9.17) is 20.1 Å². The summed E-state index contributed by atoms with van der Waals surface area (Å²) in [5.74, 6) is 0. The van der Waals surface area contributed by atoms with Gasteiger partial charge in [-0.25, -0.2) is 0 Å². The van der Waals surface area contributed by atoms with Gasteiger partial charge in [-0.15, -0.1) is 0 Å². The van der Waals surface area contributed by atoms with Crippen LogP contribution >= 0.6 is 0 Å². The number of para-hydroxylation sites is 2. The predicted octanol–water partition coefficient (Wildman–Crippen LogP) is 6.16. The number of nitrogens with zero attached hydrogens (tertiary/aromatic N) is 1. The molecule has 2 nitrogen and oxygen atoms in total. The van der Waals surface area contributed by atoms with Crippen molar-refractivity contribution in [3.63, 3.8) is 0 Å². The summed E-state index contributed by atoms with van der Waals surface area (Å²) in [5.41, 5.74) is 5.92. The molecule has 1 aromatic heterocycles. The number of rotatable bonds is 4. The minimum absolute atomic E-state index is 0.360. The molecule has 1 heterocycles. The molecule has 0 aliphatic heterocycles. The summed E-state index contributed by atoms with van der Waals surface area (Å²) in [7, 11) is 14.7. The Morgan fingerprint density at radius 1 is 0.724 bits per heavy atom. The van der Waals surface area contributed by atoms with E-state index in [2.05, 4.69) is 60.5 Å². The maximum Gasteiger partial charge on any atom is 0.159 e. The molecule has 0 unspecified atom stereocenters. The van der Waals surface area contributed by atoms with Crippen LogP contribution in [-0.4, -0.2) is 22.7 Å². The fraction of sp³-hybridized carbons (Fsp3) is 0.280. The normalized spacial score (nSPS) is 12.6. The molecule has 0 saturated carbocycles. The lowest BCUT2D eigenvalue weighted by molar-refractivity contribution is 0.647. The van der Waals surface area contributed by atoms with E-state index in [0.29, 0.717) is 0 Å². The second-order valence-electron chi connectivity index (χ2n) is 8.99. The van der Waals surface area contributed by atoms with E-state index in [0.717, 1.165) is 44.4 Å². The SMILES string of the molecule is [B]C(C)(C)c1ccc(N(C)c2cccc3c2oc2c(C([B])(C)C)cccc23)cc1.